The van der Waals surface area contributed by atoms with Crippen molar-refractivity contribution in [3.05, 3.63) is 41.5 Å². The van der Waals surface area contributed by atoms with Gasteiger partial charge in [-0.1, -0.05) is 6.07 Å². The van der Waals surface area contributed by atoms with Gasteiger partial charge in [0.05, 0.1) is 0 Å². The van der Waals surface area contributed by atoms with Gasteiger partial charge in [-0.2, -0.15) is 4.39 Å². The van der Waals surface area contributed by atoms with Crippen LogP contribution in [0.5, 0.6) is 5.75 Å². The number of aryl methyl sites for hydroxylation is 1. The number of aromatic hydroxyl groups is 1. The van der Waals surface area contributed by atoms with E-state index in [1.807, 2.05) is 0 Å². The summed E-state index contributed by atoms with van der Waals surface area (Å²) in [7, 11) is 0. The number of hydrogen-bond acceptors (Lipinski definition) is 3. The van der Waals surface area contributed by atoms with Crippen molar-refractivity contribution in [3.63, 3.8) is 0 Å². The molecule has 3 nitrogen and oxygen atoms in total. The van der Waals surface area contributed by atoms with Crippen molar-refractivity contribution in [3.8, 4) is 5.75 Å². The molecule has 2 aromatic carbocycles. The minimum Gasteiger partial charge on any atom is -0.505 e. The summed E-state index contributed by atoms with van der Waals surface area (Å²) in [5.74, 6) is -1.97. The lowest BCUT2D eigenvalue weighted by Crippen LogP contribution is -1.93. The number of rotatable bonds is 3. The van der Waals surface area contributed by atoms with Gasteiger partial charge in [0.15, 0.2) is 22.7 Å². The van der Waals surface area contributed by atoms with Crippen molar-refractivity contribution in [2.24, 2.45) is 0 Å². The molecular formula is C15H12F2O3. The second-order valence-electron chi connectivity index (χ2n) is 4.62. The van der Waals surface area contributed by atoms with Gasteiger partial charge < -0.3 is 14.6 Å². The van der Waals surface area contributed by atoms with Gasteiger partial charge in [-0.3, -0.25) is 0 Å². The molecule has 20 heavy (non-hydrogen) atoms. The van der Waals surface area contributed by atoms with E-state index in [-0.39, 0.29) is 17.8 Å². The van der Waals surface area contributed by atoms with E-state index in [9.17, 15) is 13.9 Å². The zero-order valence-corrected chi connectivity index (χ0v) is 10.5. The molecule has 0 unspecified atom stereocenters. The van der Waals surface area contributed by atoms with Crippen molar-refractivity contribution in [1.29, 1.82) is 0 Å². The topological polar surface area (TPSA) is 53.6 Å². The lowest BCUT2D eigenvalue weighted by molar-refractivity contribution is 0.288. The zero-order chi connectivity index (χ0) is 14.3. The average Bonchev–Trinajstić information content (AvgIpc) is 2.83. The van der Waals surface area contributed by atoms with E-state index in [2.05, 4.69) is 0 Å². The summed E-state index contributed by atoms with van der Waals surface area (Å²) in [6, 6.07) is 5.97. The molecule has 0 saturated carbocycles. The van der Waals surface area contributed by atoms with Crippen LogP contribution >= 0.6 is 0 Å². The van der Waals surface area contributed by atoms with Gasteiger partial charge in [-0.15, -0.1) is 0 Å². The molecule has 3 rings (SSSR count). The SMILES string of the molecule is OCCCc1ccc2c(oc3c(F)c(O)ccc32)c1F. The highest BCUT2D eigenvalue weighted by molar-refractivity contribution is 6.05. The Labute approximate surface area is 113 Å². The fourth-order valence-corrected chi connectivity index (χ4v) is 2.33. The third-order valence-electron chi connectivity index (χ3n) is 3.35. The molecule has 0 aliphatic carbocycles. The highest BCUT2D eigenvalue weighted by atomic mass is 19.1. The maximum Gasteiger partial charge on any atom is 0.207 e. The van der Waals surface area contributed by atoms with Crippen LogP contribution in [0, 0.1) is 11.6 Å². The van der Waals surface area contributed by atoms with Crippen LogP contribution in [0.25, 0.3) is 21.9 Å². The van der Waals surface area contributed by atoms with Crippen LogP contribution in [0.1, 0.15) is 12.0 Å². The molecule has 2 N–H and O–H groups in total. The molecule has 0 fully saturated rings. The predicted molar refractivity (Wildman–Crippen MR) is 70.7 cm³/mol. The summed E-state index contributed by atoms with van der Waals surface area (Å²) in [6.45, 7) is -0.0277. The van der Waals surface area contributed by atoms with Crippen LogP contribution in [0.3, 0.4) is 0 Å². The number of fused-ring (bicyclic) bond motifs is 3. The number of phenolic OH excluding ortho intramolecular Hbond substituents is 1. The first kappa shape index (κ1) is 12.9. The maximum absolute atomic E-state index is 14.3. The maximum atomic E-state index is 14.3. The molecule has 0 spiro atoms. The Hall–Kier alpha value is -2.14. The zero-order valence-electron chi connectivity index (χ0n) is 10.5. The van der Waals surface area contributed by atoms with Crippen LogP contribution < -0.4 is 0 Å². The minimum absolute atomic E-state index is 0.0277. The molecule has 0 bridgehead atoms. The Balaban J connectivity index is 2.27. The summed E-state index contributed by atoms with van der Waals surface area (Å²) in [5.41, 5.74) is 0.230. The first-order valence-electron chi connectivity index (χ1n) is 6.25. The van der Waals surface area contributed by atoms with Crippen LogP contribution in [0.2, 0.25) is 0 Å². The van der Waals surface area contributed by atoms with Gasteiger partial charge in [0, 0.05) is 17.4 Å². The van der Waals surface area contributed by atoms with Crippen LogP contribution in [0.15, 0.2) is 28.7 Å². The first-order valence-corrected chi connectivity index (χ1v) is 6.25. The molecule has 0 amide bonds. The second-order valence-corrected chi connectivity index (χ2v) is 4.62. The number of aliphatic hydroxyl groups excluding tert-OH is 1. The van der Waals surface area contributed by atoms with E-state index in [0.29, 0.717) is 29.2 Å². The van der Waals surface area contributed by atoms with E-state index in [4.69, 9.17) is 9.52 Å². The van der Waals surface area contributed by atoms with Gasteiger partial charge in [-0.05, 0) is 36.6 Å². The molecular weight excluding hydrogens is 266 g/mol. The Morgan fingerprint density at radius 2 is 1.60 bits per heavy atom. The van der Waals surface area contributed by atoms with Crippen LogP contribution in [0.4, 0.5) is 8.78 Å². The van der Waals surface area contributed by atoms with E-state index >= 15 is 0 Å². The van der Waals surface area contributed by atoms with Crippen molar-refractivity contribution < 1.29 is 23.4 Å². The van der Waals surface area contributed by atoms with Crippen molar-refractivity contribution in [1.82, 2.24) is 0 Å². The summed E-state index contributed by atoms with van der Waals surface area (Å²) < 4.78 is 33.3. The summed E-state index contributed by atoms with van der Waals surface area (Å²) >= 11 is 0. The normalized spacial score (nSPS) is 11.6. The first-order chi connectivity index (χ1) is 9.63. The summed E-state index contributed by atoms with van der Waals surface area (Å²) in [5, 5.41) is 19.0. The predicted octanol–water partition coefficient (Wildman–Crippen LogP) is 3.49. The van der Waals surface area contributed by atoms with Gasteiger partial charge in [0.25, 0.3) is 0 Å². The third kappa shape index (κ3) is 1.82. The van der Waals surface area contributed by atoms with Crippen molar-refractivity contribution in [2.45, 2.75) is 12.8 Å². The number of halogens is 2. The van der Waals surface area contributed by atoms with Crippen molar-refractivity contribution in [2.75, 3.05) is 6.61 Å². The fraction of sp³-hybridized carbons (Fsp3) is 0.200. The Morgan fingerprint density at radius 1 is 0.950 bits per heavy atom. The van der Waals surface area contributed by atoms with Gasteiger partial charge in [0.1, 0.15) is 0 Å². The fourth-order valence-electron chi connectivity index (χ4n) is 2.33. The summed E-state index contributed by atoms with van der Waals surface area (Å²) in [4.78, 5) is 0. The quantitative estimate of drug-likeness (QED) is 0.771. The Morgan fingerprint density at radius 3 is 2.30 bits per heavy atom. The largest absolute Gasteiger partial charge is 0.505 e. The van der Waals surface area contributed by atoms with Crippen molar-refractivity contribution >= 4 is 21.9 Å². The summed E-state index contributed by atoms with van der Waals surface area (Å²) in [6.07, 6.45) is 0.820. The second kappa shape index (κ2) is 4.76. The number of benzene rings is 2. The molecule has 104 valence electrons. The third-order valence-corrected chi connectivity index (χ3v) is 3.35. The lowest BCUT2D eigenvalue weighted by Gasteiger charge is -2.01. The molecule has 0 saturated heterocycles. The Bertz CT molecular complexity index is 793. The highest BCUT2D eigenvalue weighted by Crippen LogP contribution is 2.35. The monoisotopic (exact) mass is 278 g/mol. The molecule has 0 radical (unpaired) electrons. The van der Waals surface area contributed by atoms with Gasteiger partial charge in [0.2, 0.25) is 5.82 Å². The molecule has 0 aliphatic rings. The van der Waals surface area contributed by atoms with E-state index in [1.165, 1.54) is 12.1 Å². The molecule has 1 heterocycles. The van der Waals surface area contributed by atoms with Crippen LogP contribution in [-0.2, 0) is 6.42 Å². The molecule has 0 atom stereocenters. The number of phenols is 1. The average molecular weight is 278 g/mol. The van der Waals surface area contributed by atoms with Gasteiger partial charge in [-0.25, -0.2) is 4.39 Å². The van der Waals surface area contributed by atoms with Gasteiger partial charge >= 0.3 is 0 Å². The smallest absolute Gasteiger partial charge is 0.207 e. The molecule has 1 aromatic heterocycles. The standard InChI is InChI=1S/C15H12F2O3/c16-12-8(2-1-7-18)3-4-9-10-5-6-11(19)13(17)15(10)20-14(9)12/h3-6,18-19H,1-2,7H2. The molecule has 5 heteroatoms. The van der Waals surface area contributed by atoms with Crippen LogP contribution in [-0.4, -0.2) is 16.8 Å². The highest BCUT2D eigenvalue weighted by Gasteiger charge is 2.18. The lowest BCUT2D eigenvalue weighted by atomic mass is 10.1. The molecule has 3 aromatic rings. The van der Waals surface area contributed by atoms with E-state index in [1.54, 1.807) is 12.1 Å². The molecule has 0 aliphatic heterocycles. The number of furan rings is 1. The van der Waals surface area contributed by atoms with E-state index in [0.717, 1.165) is 0 Å². The number of hydrogen-bond donors (Lipinski definition) is 2. The van der Waals surface area contributed by atoms with E-state index < -0.39 is 17.4 Å². The number of aliphatic hydroxyl groups is 1. The minimum atomic E-state index is -0.894. The Kier molecular flexibility index (Phi) is 3.06.